The third-order valence-electron chi connectivity index (χ3n) is 1.97. The van der Waals surface area contributed by atoms with Gasteiger partial charge in [-0.15, -0.1) is 0 Å². The zero-order chi connectivity index (χ0) is 12.0. The summed E-state index contributed by atoms with van der Waals surface area (Å²) < 4.78 is 0.915. The van der Waals surface area contributed by atoms with Crippen molar-refractivity contribution in [1.82, 2.24) is 5.43 Å². The van der Waals surface area contributed by atoms with Crippen molar-refractivity contribution in [3.8, 4) is 0 Å². The molecule has 1 amide bonds. The van der Waals surface area contributed by atoms with Crippen LogP contribution in [0.5, 0.6) is 0 Å². The Labute approximate surface area is 107 Å². The molecule has 0 bridgehead atoms. The minimum Gasteiger partial charge on any atom is -0.330 e. The highest BCUT2D eigenvalue weighted by molar-refractivity contribution is 9.10. The molecule has 0 spiro atoms. The van der Waals surface area contributed by atoms with Crippen molar-refractivity contribution < 1.29 is 4.79 Å². The van der Waals surface area contributed by atoms with E-state index in [0.29, 0.717) is 12.1 Å². The molecule has 0 saturated heterocycles. The van der Waals surface area contributed by atoms with Crippen molar-refractivity contribution in [1.29, 1.82) is 0 Å². The Balaban J connectivity index is 2.71. The van der Waals surface area contributed by atoms with Crippen LogP contribution in [0.1, 0.15) is 15.9 Å². The second-order valence-corrected chi connectivity index (χ2v) is 5.08. The number of nitrogen functional groups attached to an aromatic ring is 1. The van der Waals surface area contributed by atoms with Gasteiger partial charge in [-0.25, -0.2) is 5.84 Å². The number of thioether (sulfide) groups is 1. The van der Waals surface area contributed by atoms with Gasteiger partial charge in [-0.05, 0) is 17.7 Å². The van der Waals surface area contributed by atoms with Crippen LogP contribution >= 0.6 is 27.7 Å². The molecule has 1 aromatic carbocycles. The molecule has 0 unspecified atom stereocenters. The van der Waals surface area contributed by atoms with E-state index in [9.17, 15) is 4.79 Å². The smallest absolute Gasteiger partial charge is 0.265 e. The van der Waals surface area contributed by atoms with Gasteiger partial charge in [-0.1, -0.05) is 22.0 Å². The standard InChI is InChI=1S/C10H14BrN3OS/c11-9-5-7(10(15)14-13)1-2-8(9)6-16-4-3-12/h1-2,5H,3-4,6,12-13H2,(H,14,15). The third kappa shape index (κ3) is 3.79. The normalized spacial score (nSPS) is 10.2. The van der Waals surface area contributed by atoms with Crippen LogP contribution in [-0.4, -0.2) is 18.2 Å². The zero-order valence-corrected chi connectivity index (χ0v) is 11.1. The minimum absolute atomic E-state index is 0.290. The quantitative estimate of drug-likeness (QED) is 0.331. The maximum absolute atomic E-state index is 11.3. The monoisotopic (exact) mass is 303 g/mol. The molecule has 5 N–H and O–H groups in total. The predicted octanol–water partition coefficient (Wildman–Crippen LogP) is 1.24. The van der Waals surface area contributed by atoms with E-state index in [1.54, 1.807) is 23.9 Å². The lowest BCUT2D eigenvalue weighted by atomic mass is 10.1. The fourth-order valence-electron chi connectivity index (χ4n) is 1.15. The first kappa shape index (κ1) is 13.5. The molecular formula is C10H14BrN3OS. The Morgan fingerprint density at radius 3 is 2.81 bits per heavy atom. The first-order valence-electron chi connectivity index (χ1n) is 4.76. The van der Waals surface area contributed by atoms with Crippen LogP contribution in [0.2, 0.25) is 0 Å². The van der Waals surface area contributed by atoms with Crippen LogP contribution in [0.3, 0.4) is 0 Å². The van der Waals surface area contributed by atoms with Crippen LogP contribution in [0.15, 0.2) is 22.7 Å². The van der Waals surface area contributed by atoms with Crippen LogP contribution in [0.4, 0.5) is 0 Å². The van der Waals surface area contributed by atoms with E-state index in [4.69, 9.17) is 11.6 Å². The Morgan fingerprint density at radius 2 is 2.25 bits per heavy atom. The Bertz CT molecular complexity index is 373. The van der Waals surface area contributed by atoms with Crippen molar-refractivity contribution in [2.75, 3.05) is 12.3 Å². The number of hydrogen-bond acceptors (Lipinski definition) is 4. The molecule has 0 aliphatic carbocycles. The van der Waals surface area contributed by atoms with Gasteiger partial charge >= 0.3 is 0 Å². The molecule has 1 aromatic rings. The van der Waals surface area contributed by atoms with E-state index >= 15 is 0 Å². The molecule has 4 nitrogen and oxygen atoms in total. The van der Waals surface area contributed by atoms with Gasteiger partial charge < -0.3 is 5.73 Å². The number of carbonyl (C=O) groups excluding carboxylic acids is 1. The average molecular weight is 304 g/mol. The lowest BCUT2D eigenvalue weighted by Gasteiger charge is -2.06. The number of rotatable bonds is 5. The van der Waals surface area contributed by atoms with Crippen LogP contribution in [0, 0.1) is 0 Å². The van der Waals surface area contributed by atoms with E-state index in [2.05, 4.69) is 21.4 Å². The molecule has 0 atom stereocenters. The summed E-state index contributed by atoms with van der Waals surface area (Å²) in [6.45, 7) is 0.677. The van der Waals surface area contributed by atoms with Crippen molar-refractivity contribution in [3.63, 3.8) is 0 Å². The molecule has 6 heteroatoms. The van der Waals surface area contributed by atoms with Crippen LogP contribution < -0.4 is 17.0 Å². The van der Waals surface area contributed by atoms with Gasteiger partial charge in [0.05, 0.1) is 0 Å². The number of hydrogen-bond donors (Lipinski definition) is 3. The molecule has 0 aliphatic rings. The van der Waals surface area contributed by atoms with Gasteiger partial charge in [0.25, 0.3) is 5.91 Å². The number of amides is 1. The molecule has 16 heavy (non-hydrogen) atoms. The first-order chi connectivity index (χ1) is 7.69. The molecule has 0 saturated carbocycles. The number of carbonyl (C=O) groups is 1. The first-order valence-corrected chi connectivity index (χ1v) is 6.71. The van der Waals surface area contributed by atoms with Crippen LogP contribution in [0.25, 0.3) is 0 Å². The van der Waals surface area contributed by atoms with Gasteiger partial charge in [0.2, 0.25) is 0 Å². The Kier molecular flexibility index (Phi) is 5.83. The average Bonchev–Trinajstić information content (AvgIpc) is 2.30. The fourth-order valence-corrected chi connectivity index (χ4v) is 2.64. The Morgan fingerprint density at radius 1 is 1.50 bits per heavy atom. The molecular weight excluding hydrogens is 290 g/mol. The maximum Gasteiger partial charge on any atom is 0.265 e. The number of nitrogens with one attached hydrogen (secondary N) is 1. The van der Waals surface area contributed by atoms with Gasteiger partial charge in [0.1, 0.15) is 0 Å². The summed E-state index contributed by atoms with van der Waals surface area (Å²) >= 11 is 5.19. The van der Waals surface area contributed by atoms with Gasteiger partial charge in [-0.2, -0.15) is 11.8 Å². The predicted molar refractivity (Wildman–Crippen MR) is 71.0 cm³/mol. The molecule has 0 heterocycles. The third-order valence-corrected chi connectivity index (χ3v) is 3.74. The van der Waals surface area contributed by atoms with Crippen molar-refractivity contribution >= 4 is 33.6 Å². The summed E-state index contributed by atoms with van der Waals surface area (Å²) in [4.78, 5) is 11.3. The van der Waals surface area contributed by atoms with Gasteiger partial charge in [-0.3, -0.25) is 10.2 Å². The lowest BCUT2D eigenvalue weighted by molar-refractivity contribution is 0.0953. The summed E-state index contributed by atoms with van der Waals surface area (Å²) in [7, 11) is 0. The highest BCUT2D eigenvalue weighted by Gasteiger charge is 2.06. The second kappa shape index (κ2) is 6.90. The molecule has 0 fully saturated rings. The zero-order valence-electron chi connectivity index (χ0n) is 8.70. The van der Waals surface area contributed by atoms with Gasteiger partial charge in [0.15, 0.2) is 0 Å². The van der Waals surface area contributed by atoms with E-state index < -0.39 is 0 Å². The molecule has 0 radical (unpaired) electrons. The van der Waals surface area contributed by atoms with E-state index in [1.165, 1.54) is 0 Å². The summed E-state index contributed by atoms with van der Waals surface area (Å²) in [5.74, 6) is 6.57. The summed E-state index contributed by atoms with van der Waals surface area (Å²) in [6, 6.07) is 5.43. The number of hydrazine groups is 1. The highest BCUT2D eigenvalue weighted by atomic mass is 79.9. The highest BCUT2D eigenvalue weighted by Crippen LogP contribution is 2.22. The lowest BCUT2D eigenvalue weighted by Crippen LogP contribution is -2.29. The number of nitrogens with two attached hydrogens (primary N) is 2. The largest absolute Gasteiger partial charge is 0.330 e. The summed E-state index contributed by atoms with van der Waals surface area (Å²) in [5.41, 5.74) is 9.20. The SMILES string of the molecule is NCCSCc1ccc(C(=O)NN)cc1Br. The summed E-state index contributed by atoms with van der Waals surface area (Å²) in [6.07, 6.45) is 0. The molecule has 0 aromatic heterocycles. The number of benzene rings is 1. The number of halogens is 1. The van der Waals surface area contributed by atoms with Crippen molar-refractivity contribution in [3.05, 3.63) is 33.8 Å². The van der Waals surface area contributed by atoms with E-state index in [-0.39, 0.29) is 5.91 Å². The summed E-state index contributed by atoms with van der Waals surface area (Å²) in [5, 5.41) is 0. The second-order valence-electron chi connectivity index (χ2n) is 3.12. The Hall–Kier alpha value is -0.560. The maximum atomic E-state index is 11.3. The van der Waals surface area contributed by atoms with Crippen molar-refractivity contribution in [2.24, 2.45) is 11.6 Å². The molecule has 1 rings (SSSR count). The van der Waals surface area contributed by atoms with Crippen molar-refractivity contribution in [2.45, 2.75) is 5.75 Å². The van der Waals surface area contributed by atoms with E-state index in [1.807, 2.05) is 6.07 Å². The van der Waals surface area contributed by atoms with Crippen LogP contribution in [-0.2, 0) is 5.75 Å². The van der Waals surface area contributed by atoms with E-state index in [0.717, 1.165) is 21.5 Å². The fraction of sp³-hybridized carbons (Fsp3) is 0.300. The molecule has 0 aliphatic heterocycles. The topological polar surface area (TPSA) is 81.1 Å². The van der Waals surface area contributed by atoms with Gasteiger partial charge in [0, 0.05) is 28.1 Å². The molecule has 88 valence electrons. The minimum atomic E-state index is -0.290.